The number of benzene rings is 2. The summed E-state index contributed by atoms with van der Waals surface area (Å²) in [5.74, 6) is 1.45. The van der Waals surface area contributed by atoms with Gasteiger partial charge in [-0.25, -0.2) is 0 Å². The van der Waals surface area contributed by atoms with Crippen molar-refractivity contribution < 1.29 is 19.1 Å². The Balaban J connectivity index is 1.48. The van der Waals surface area contributed by atoms with Gasteiger partial charge in [0.2, 0.25) is 11.8 Å². The maximum Gasteiger partial charge on any atom is 0.224 e. The van der Waals surface area contributed by atoms with Crippen LogP contribution in [0.2, 0.25) is 0 Å². The fourth-order valence-electron chi connectivity index (χ4n) is 3.44. The SMILES string of the molecule is COc1ccc(CC(=O)NCC2CC(=O)N(Cc3ccccc3)C2)cc1OC. The zero-order valence-corrected chi connectivity index (χ0v) is 16.3. The minimum atomic E-state index is -0.0684. The molecule has 1 atom stereocenters. The molecule has 1 N–H and O–H groups in total. The highest BCUT2D eigenvalue weighted by molar-refractivity contribution is 5.80. The molecule has 1 aliphatic rings. The molecule has 0 spiro atoms. The number of amides is 2. The molecule has 1 fully saturated rings. The van der Waals surface area contributed by atoms with Gasteiger partial charge in [-0.1, -0.05) is 36.4 Å². The zero-order valence-electron chi connectivity index (χ0n) is 16.3. The molecule has 1 unspecified atom stereocenters. The van der Waals surface area contributed by atoms with Gasteiger partial charge in [-0.3, -0.25) is 9.59 Å². The van der Waals surface area contributed by atoms with Gasteiger partial charge < -0.3 is 19.7 Å². The number of rotatable bonds is 8. The number of ether oxygens (including phenoxy) is 2. The lowest BCUT2D eigenvalue weighted by molar-refractivity contribution is -0.128. The monoisotopic (exact) mass is 382 g/mol. The van der Waals surface area contributed by atoms with Gasteiger partial charge in [0, 0.05) is 32.0 Å². The first kappa shape index (κ1) is 19.7. The second-order valence-electron chi connectivity index (χ2n) is 7.00. The Morgan fingerprint density at radius 1 is 1.07 bits per heavy atom. The van der Waals surface area contributed by atoms with E-state index < -0.39 is 0 Å². The Labute approximate surface area is 165 Å². The number of hydrogen-bond acceptors (Lipinski definition) is 4. The van der Waals surface area contributed by atoms with Gasteiger partial charge in [-0.2, -0.15) is 0 Å². The third-order valence-corrected chi connectivity index (χ3v) is 4.91. The molecule has 1 aliphatic heterocycles. The van der Waals surface area contributed by atoms with Gasteiger partial charge in [0.05, 0.1) is 20.6 Å². The Morgan fingerprint density at radius 2 is 1.82 bits per heavy atom. The molecule has 0 radical (unpaired) electrons. The molecule has 0 aliphatic carbocycles. The third-order valence-electron chi connectivity index (χ3n) is 4.91. The van der Waals surface area contributed by atoms with Gasteiger partial charge in [-0.05, 0) is 23.3 Å². The lowest BCUT2D eigenvalue weighted by Gasteiger charge is -2.17. The molecule has 2 aromatic carbocycles. The van der Waals surface area contributed by atoms with E-state index in [1.807, 2.05) is 41.3 Å². The molecule has 28 heavy (non-hydrogen) atoms. The first-order chi connectivity index (χ1) is 13.6. The third kappa shape index (κ3) is 5.03. The predicted molar refractivity (Wildman–Crippen MR) is 106 cm³/mol. The summed E-state index contributed by atoms with van der Waals surface area (Å²) in [6.45, 7) is 1.79. The van der Waals surface area contributed by atoms with Crippen molar-refractivity contribution in [3.63, 3.8) is 0 Å². The van der Waals surface area contributed by atoms with Crippen molar-refractivity contribution in [2.24, 2.45) is 5.92 Å². The van der Waals surface area contributed by atoms with E-state index in [0.29, 0.717) is 37.6 Å². The molecule has 6 heteroatoms. The largest absolute Gasteiger partial charge is 0.493 e. The summed E-state index contributed by atoms with van der Waals surface area (Å²) >= 11 is 0. The summed E-state index contributed by atoms with van der Waals surface area (Å²) in [6, 6.07) is 15.4. The number of nitrogens with zero attached hydrogens (tertiary/aromatic N) is 1. The van der Waals surface area contributed by atoms with Crippen molar-refractivity contribution in [3.05, 3.63) is 59.7 Å². The molecule has 6 nitrogen and oxygen atoms in total. The summed E-state index contributed by atoms with van der Waals surface area (Å²) in [4.78, 5) is 26.4. The highest BCUT2D eigenvalue weighted by atomic mass is 16.5. The van der Waals surface area contributed by atoms with Crippen LogP contribution in [0.15, 0.2) is 48.5 Å². The molecule has 3 rings (SSSR count). The van der Waals surface area contributed by atoms with Crippen molar-refractivity contribution >= 4 is 11.8 Å². The molecule has 2 amide bonds. The van der Waals surface area contributed by atoms with Gasteiger partial charge in [0.25, 0.3) is 0 Å². The Kier molecular flexibility index (Phi) is 6.53. The van der Waals surface area contributed by atoms with E-state index >= 15 is 0 Å². The molecule has 0 aromatic heterocycles. The van der Waals surface area contributed by atoms with Crippen LogP contribution < -0.4 is 14.8 Å². The first-order valence-corrected chi connectivity index (χ1v) is 9.38. The van der Waals surface area contributed by atoms with E-state index in [1.54, 1.807) is 26.4 Å². The lowest BCUT2D eigenvalue weighted by Crippen LogP contribution is -2.32. The Morgan fingerprint density at radius 3 is 2.54 bits per heavy atom. The van der Waals surface area contributed by atoms with Crippen LogP contribution in [-0.4, -0.2) is 44.0 Å². The summed E-state index contributed by atoms with van der Waals surface area (Å²) in [7, 11) is 3.15. The van der Waals surface area contributed by atoms with Crippen molar-refractivity contribution in [1.29, 1.82) is 0 Å². The normalized spacial score (nSPS) is 16.1. The van der Waals surface area contributed by atoms with E-state index in [2.05, 4.69) is 5.32 Å². The van der Waals surface area contributed by atoms with Crippen LogP contribution in [0.4, 0.5) is 0 Å². The van der Waals surface area contributed by atoms with Crippen LogP contribution >= 0.6 is 0 Å². The quantitative estimate of drug-likeness (QED) is 0.761. The second-order valence-corrected chi connectivity index (χ2v) is 7.00. The number of methoxy groups -OCH3 is 2. The average molecular weight is 382 g/mol. The van der Waals surface area contributed by atoms with Crippen LogP contribution in [0.1, 0.15) is 17.5 Å². The van der Waals surface area contributed by atoms with E-state index in [-0.39, 0.29) is 24.2 Å². The van der Waals surface area contributed by atoms with Gasteiger partial charge in [0.15, 0.2) is 11.5 Å². The van der Waals surface area contributed by atoms with E-state index in [9.17, 15) is 9.59 Å². The fourth-order valence-corrected chi connectivity index (χ4v) is 3.44. The van der Waals surface area contributed by atoms with E-state index in [1.165, 1.54) is 0 Å². The minimum Gasteiger partial charge on any atom is -0.493 e. The lowest BCUT2D eigenvalue weighted by atomic mass is 10.1. The molecule has 1 saturated heterocycles. The van der Waals surface area contributed by atoms with Crippen molar-refractivity contribution in [1.82, 2.24) is 10.2 Å². The second kappa shape index (κ2) is 9.26. The first-order valence-electron chi connectivity index (χ1n) is 9.38. The van der Waals surface area contributed by atoms with Gasteiger partial charge >= 0.3 is 0 Å². The van der Waals surface area contributed by atoms with Gasteiger partial charge in [-0.15, -0.1) is 0 Å². The molecular weight excluding hydrogens is 356 g/mol. The topological polar surface area (TPSA) is 67.9 Å². The van der Waals surface area contributed by atoms with Crippen LogP contribution in [0.3, 0.4) is 0 Å². The van der Waals surface area contributed by atoms with Crippen molar-refractivity contribution in [2.45, 2.75) is 19.4 Å². The predicted octanol–water partition coefficient (Wildman–Crippen LogP) is 2.41. The highest BCUT2D eigenvalue weighted by Gasteiger charge is 2.29. The zero-order chi connectivity index (χ0) is 19.9. The summed E-state index contributed by atoms with van der Waals surface area (Å²) in [6.07, 6.45) is 0.734. The number of carbonyl (C=O) groups excluding carboxylic acids is 2. The number of nitrogens with one attached hydrogen (secondary N) is 1. The number of hydrogen-bond donors (Lipinski definition) is 1. The molecule has 148 valence electrons. The Hall–Kier alpha value is -3.02. The van der Waals surface area contributed by atoms with Crippen LogP contribution in [0.5, 0.6) is 11.5 Å². The fraction of sp³-hybridized carbons (Fsp3) is 0.364. The molecular formula is C22H26N2O4. The van der Waals surface area contributed by atoms with Gasteiger partial charge in [0.1, 0.15) is 0 Å². The maximum absolute atomic E-state index is 12.3. The summed E-state index contributed by atoms with van der Waals surface area (Å²) in [5.41, 5.74) is 1.97. The number of likely N-dealkylation sites (tertiary alicyclic amines) is 1. The van der Waals surface area contributed by atoms with Crippen molar-refractivity contribution in [2.75, 3.05) is 27.3 Å². The molecule has 2 aromatic rings. The van der Waals surface area contributed by atoms with Crippen LogP contribution in [0, 0.1) is 5.92 Å². The average Bonchev–Trinajstić information content (AvgIpc) is 3.06. The van der Waals surface area contributed by atoms with E-state index in [0.717, 1.165) is 11.1 Å². The minimum absolute atomic E-state index is 0.0684. The molecule has 0 bridgehead atoms. The van der Waals surface area contributed by atoms with Crippen LogP contribution in [0.25, 0.3) is 0 Å². The summed E-state index contributed by atoms with van der Waals surface area (Å²) < 4.78 is 10.5. The molecule has 0 saturated carbocycles. The summed E-state index contributed by atoms with van der Waals surface area (Å²) in [5, 5.41) is 2.95. The van der Waals surface area contributed by atoms with Crippen LogP contribution in [-0.2, 0) is 22.6 Å². The van der Waals surface area contributed by atoms with Crippen molar-refractivity contribution in [3.8, 4) is 11.5 Å². The Bertz CT molecular complexity index is 823. The maximum atomic E-state index is 12.3. The number of carbonyl (C=O) groups is 2. The van der Waals surface area contributed by atoms with E-state index in [4.69, 9.17) is 9.47 Å². The standard InChI is InChI=1S/C22H26N2O4/c1-27-19-9-8-17(10-20(19)28-2)11-21(25)23-13-18-12-22(26)24(15-18)14-16-6-4-3-5-7-16/h3-10,18H,11-15H2,1-2H3,(H,23,25). The highest BCUT2D eigenvalue weighted by Crippen LogP contribution is 2.27. The smallest absolute Gasteiger partial charge is 0.224 e. The molecule has 1 heterocycles.